The van der Waals surface area contributed by atoms with Gasteiger partial charge in [-0.2, -0.15) is 0 Å². The van der Waals surface area contributed by atoms with Gasteiger partial charge in [0.05, 0.1) is 0 Å². The van der Waals surface area contributed by atoms with Crippen molar-refractivity contribution in [3.05, 3.63) is 0 Å². The van der Waals surface area contributed by atoms with Gasteiger partial charge in [0.15, 0.2) is 9.76 Å². The van der Waals surface area contributed by atoms with Crippen molar-refractivity contribution >= 4 is 9.76 Å². The minimum Gasteiger partial charge on any atom is -0.424 e. The molecule has 0 aromatic rings. The van der Waals surface area contributed by atoms with E-state index < -0.39 is 0 Å². The van der Waals surface area contributed by atoms with E-state index in [1.807, 2.05) is 0 Å². The van der Waals surface area contributed by atoms with Crippen LogP contribution in [0.4, 0.5) is 0 Å². The third kappa shape index (κ3) is 16.2. The molecule has 0 heterocycles. The fourth-order valence-electron chi connectivity index (χ4n) is 2.37. The SMILES string of the molecule is CCCCCCCCCCCCCO[SiH2]CC(C)CN. The fraction of sp³-hybridized carbons (Fsp3) is 1.00. The van der Waals surface area contributed by atoms with Gasteiger partial charge in [-0.3, -0.25) is 0 Å². The van der Waals surface area contributed by atoms with Crippen molar-refractivity contribution in [2.45, 2.75) is 90.5 Å². The highest BCUT2D eigenvalue weighted by Gasteiger charge is 1.99. The predicted molar refractivity (Wildman–Crippen MR) is 94.0 cm³/mol. The highest BCUT2D eigenvalue weighted by atomic mass is 28.2. The van der Waals surface area contributed by atoms with Gasteiger partial charge in [-0.1, -0.05) is 78.1 Å². The Labute approximate surface area is 130 Å². The molecule has 0 aliphatic carbocycles. The lowest BCUT2D eigenvalue weighted by Crippen LogP contribution is -2.14. The van der Waals surface area contributed by atoms with Gasteiger partial charge in [-0.25, -0.2) is 0 Å². The van der Waals surface area contributed by atoms with Crippen LogP contribution in [0.5, 0.6) is 0 Å². The van der Waals surface area contributed by atoms with Gasteiger partial charge in [0.1, 0.15) is 0 Å². The molecule has 2 N–H and O–H groups in total. The Hall–Kier alpha value is 0.137. The van der Waals surface area contributed by atoms with E-state index in [0.717, 1.165) is 13.2 Å². The van der Waals surface area contributed by atoms with E-state index in [4.69, 9.17) is 10.2 Å². The van der Waals surface area contributed by atoms with Crippen LogP contribution < -0.4 is 5.73 Å². The van der Waals surface area contributed by atoms with Crippen molar-refractivity contribution in [2.24, 2.45) is 11.7 Å². The molecule has 0 amide bonds. The monoisotopic (exact) mass is 301 g/mol. The summed E-state index contributed by atoms with van der Waals surface area (Å²) in [6.45, 7) is 6.32. The summed E-state index contributed by atoms with van der Waals surface area (Å²) in [5, 5.41) is 0. The lowest BCUT2D eigenvalue weighted by atomic mass is 10.1. The molecule has 0 saturated carbocycles. The van der Waals surface area contributed by atoms with Crippen molar-refractivity contribution in [3.8, 4) is 0 Å². The van der Waals surface area contributed by atoms with Crippen molar-refractivity contribution < 1.29 is 4.43 Å². The number of hydrogen-bond donors (Lipinski definition) is 1. The first-order valence-corrected chi connectivity index (χ1v) is 10.7. The Morgan fingerprint density at radius 2 is 1.35 bits per heavy atom. The van der Waals surface area contributed by atoms with Crippen LogP contribution in [0, 0.1) is 5.92 Å². The van der Waals surface area contributed by atoms with Gasteiger partial charge in [0, 0.05) is 6.61 Å². The number of unbranched alkanes of at least 4 members (excludes halogenated alkanes) is 10. The first-order chi connectivity index (χ1) is 9.81. The van der Waals surface area contributed by atoms with Gasteiger partial charge in [0.2, 0.25) is 0 Å². The summed E-state index contributed by atoms with van der Waals surface area (Å²) in [7, 11) is -0.285. The average Bonchev–Trinajstić information content (AvgIpc) is 2.47. The van der Waals surface area contributed by atoms with Crippen LogP contribution in [0.1, 0.15) is 84.5 Å². The summed E-state index contributed by atoms with van der Waals surface area (Å²) in [5.74, 6) is 0.666. The molecule has 0 saturated heterocycles. The normalized spacial score (nSPS) is 13.3. The quantitative estimate of drug-likeness (QED) is 0.338. The third-order valence-corrected chi connectivity index (χ3v) is 5.85. The van der Waals surface area contributed by atoms with E-state index in [1.165, 1.54) is 76.7 Å². The maximum Gasteiger partial charge on any atom is 0.161 e. The van der Waals surface area contributed by atoms with Crippen LogP contribution in [-0.4, -0.2) is 22.9 Å². The Morgan fingerprint density at radius 1 is 0.850 bits per heavy atom. The molecule has 0 rings (SSSR count). The van der Waals surface area contributed by atoms with Gasteiger partial charge in [-0.05, 0) is 24.9 Å². The Morgan fingerprint density at radius 3 is 1.85 bits per heavy atom. The van der Waals surface area contributed by atoms with E-state index in [-0.39, 0.29) is 9.76 Å². The van der Waals surface area contributed by atoms with Crippen molar-refractivity contribution in [2.75, 3.05) is 13.2 Å². The first kappa shape index (κ1) is 20.1. The molecule has 122 valence electrons. The van der Waals surface area contributed by atoms with Crippen LogP contribution >= 0.6 is 0 Å². The fourth-order valence-corrected chi connectivity index (χ4v) is 3.59. The highest BCUT2D eigenvalue weighted by Crippen LogP contribution is 2.11. The Balaban J connectivity index is 2.96. The standard InChI is InChI=1S/C17H39NOSi/c1-3-4-5-6-7-8-9-10-11-12-13-14-19-20-16-17(2)15-18/h17H,3-16,18,20H2,1-2H3. The topological polar surface area (TPSA) is 35.2 Å². The van der Waals surface area contributed by atoms with Gasteiger partial charge < -0.3 is 10.2 Å². The van der Waals surface area contributed by atoms with Gasteiger partial charge >= 0.3 is 0 Å². The first-order valence-electron chi connectivity index (χ1n) is 9.09. The summed E-state index contributed by atoms with van der Waals surface area (Å²) in [5.41, 5.74) is 5.59. The second kappa shape index (κ2) is 17.2. The van der Waals surface area contributed by atoms with Gasteiger partial charge in [0.25, 0.3) is 0 Å². The lowest BCUT2D eigenvalue weighted by Gasteiger charge is -2.08. The number of hydrogen-bond acceptors (Lipinski definition) is 2. The molecule has 0 aromatic heterocycles. The van der Waals surface area contributed by atoms with E-state index in [1.54, 1.807) is 0 Å². The molecule has 0 aliphatic heterocycles. The molecule has 2 nitrogen and oxygen atoms in total. The lowest BCUT2D eigenvalue weighted by molar-refractivity contribution is 0.316. The average molecular weight is 302 g/mol. The van der Waals surface area contributed by atoms with Crippen LogP contribution in [0.25, 0.3) is 0 Å². The van der Waals surface area contributed by atoms with E-state index in [0.29, 0.717) is 5.92 Å². The molecule has 1 unspecified atom stereocenters. The maximum atomic E-state index is 5.77. The molecule has 3 heteroatoms. The van der Waals surface area contributed by atoms with Crippen LogP contribution in [-0.2, 0) is 4.43 Å². The summed E-state index contributed by atoms with van der Waals surface area (Å²) in [6, 6.07) is 1.24. The smallest absolute Gasteiger partial charge is 0.161 e. The third-order valence-electron chi connectivity index (χ3n) is 4.05. The van der Waals surface area contributed by atoms with Crippen LogP contribution in [0.2, 0.25) is 6.04 Å². The van der Waals surface area contributed by atoms with E-state index in [2.05, 4.69) is 13.8 Å². The maximum absolute atomic E-state index is 5.77. The second-order valence-corrected chi connectivity index (χ2v) is 7.67. The zero-order valence-corrected chi connectivity index (χ0v) is 15.6. The zero-order valence-electron chi connectivity index (χ0n) is 14.2. The molecular formula is C17H39NOSi. The molecular weight excluding hydrogens is 262 g/mol. The largest absolute Gasteiger partial charge is 0.424 e. The Bertz CT molecular complexity index is 178. The summed E-state index contributed by atoms with van der Waals surface area (Å²) in [4.78, 5) is 0. The predicted octanol–water partition coefficient (Wildman–Crippen LogP) is 4.41. The van der Waals surface area contributed by atoms with E-state index >= 15 is 0 Å². The van der Waals surface area contributed by atoms with E-state index in [9.17, 15) is 0 Å². The second-order valence-electron chi connectivity index (χ2n) is 6.28. The molecule has 20 heavy (non-hydrogen) atoms. The van der Waals surface area contributed by atoms with Crippen molar-refractivity contribution in [3.63, 3.8) is 0 Å². The molecule has 0 aromatic carbocycles. The van der Waals surface area contributed by atoms with Gasteiger partial charge in [-0.15, -0.1) is 0 Å². The molecule has 0 aliphatic rings. The summed E-state index contributed by atoms with van der Waals surface area (Å²) >= 11 is 0. The number of rotatable bonds is 16. The molecule has 0 radical (unpaired) electrons. The number of nitrogens with two attached hydrogens (primary N) is 1. The minimum atomic E-state index is -0.285. The van der Waals surface area contributed by atoms with Crippen molar-refractivity contribution in [1.29, 1.82) is 0 Å². The Kier molecular flexibility index (Phi) is 17.3. The highest BCUT2D eigenvalue weighted by molar-refractivity contribution is 6.27. The summed E-state index contributed by atoms with van der Waals surface area (Å²) in [6.07, 6.45) is 15.5. The zero-order chi connectivity index (χ0) is 14.9. The molecule has 0 spiro atoms. The summed E-state index contributed by atoms with van der Waals surface area (Å²) < 4.78 is 5.77. The van der Waals surface area contributed by atoms with Crippen LogP contribution in [0.15, 0.2) is 0 Å². The molecule has 0 fully saturated rings. The molecule has 0 bridgehead atoms. The van der Waals surface area contributed by atoms with Crippen LogP contribution in [0.3, 0.4) is 0 Å². The minimum absolute atomic E-state index is 0.285. The van der Waals surface area contributed by atoms with Crippen molar-refractivity contribution in [1.82, 2.24) is 0 Å². The molecule has 1 atom stereocenters.